The molecule has 1 aromatic carbocycles. The van der Waals surface area contributed by atoms with Gasteiger partial charge in [-0.1, -0.05) is 30.3 Å². The quantitative estimate of drug-likeness (QED) is 0.932. The summed E-state index contributed by atoms with van der Waals surface area (Å²) < 4.78 is 1.44. The predicted molar refractivity (Wildman–Crippen MR) is 92.0 cm³/mol. The molecule has 1 aliphatic heterocycles. The zero-order chi connectivity index (χ0) is 17.1. The minimum Gasteiger partial charge on any atom is -0.396 e. The zero-order valence-electron chi connectivity index (χ0n) is 13.8. The van der Waals surface area contributed by atoms with Crippen molar-refractivity contribution in [2.24, 2.45) is 13.0 Å². The SMILES string of the molecule is Cn1ccc(C(=O)N2CC[C@@H](c3ccccc3)[C@@H](CO)C2)cc1=O. The van der Waals surface area contributed by atoms with Crippen molar-refractivity contribution in [1.29, 1.82) is 0 Å². The van der Waals surface area contributed by atoms with Crippen molar-refractivity contribution in [3.63, 3.8) is 0 Å². The van der Waals surface area contributed by atoms with Gasteiger partial charge in [0, 0.05) is 50.5 Å². The van der Waals surface area contributed by atoms with Crippen LogP contribution in [-0.4, -0.2) is 40.2 Å². The van der Waals surface area contributed by atoms with Crippen molar-refractivity contribution in [2.45, 2.75) is 12.3 Å². The topological polar surface area (TPSA) is 62.5 Å². The Kier molecular flexibility index (Phi) is 4.81. The summed E-state index contributed by atoms with van der Waals surface area (Å²) in [4.78, 5) is 26.1. The molecule has 5 nitrogen and oxygen atoms in total. The molecule has 0 aliphatic carbocycles. The molecule has 1 saturated heterocycles. The lowest BCUT2D eigenvalue weighted by atomic mass is 9.81. The molecule has 1 aromatic heterocycles. The molecule has 1 amide bonds. The first-order valence-electron chi connectivity index (χ1n) is 8.22. The number of amides is 1. The number of rotatable bonds is 3. The first-order valence-corrected chi connectivity index (χ1v) is 8.22. The Balaban J connectivity index is 1.76. The molecule has 0 spiro atoms. The fraction of sp³-hybridized carbons (Fsp3) is 0.368. The molecule has 2 heterocycles. The third-order valence-electron chi connectivity index (χ3n) is 4.83. The second kappa shape index (κ2) is 7.01. The van der Waals surface area contributed by atoms with E-state index in [0.717, 1.165) is 6.42 Å². The number of aliphatic hydroxyl groups is 1. The van der Waals surface area contributed by atoms with Gasteiger partial charge in [-0.15, -0.1) is 0 Å². The van der Waals surface area contributed by atoms with Crippen LogP contribution in [0.2, 0.25) is 0 Å². The van der Waals surface area contributed by atoms with Gasteiger partial charge in [0.15, 0.2) is 0 Å². The summed E-state index contributed by atoms with van der Waals surface area (Å²) in [5.74, 6) is 0.123. The van der Waals surface area contributed by atoms with Gasteiger partial charge in [-0.05, 0) is 24.0 Å². The summed E-state index contributed by atoms with van der Waals surface area (Å²) in [6.07, 6.45) is 2.42. The summed E-state index contributed by atoms with van der Waals surface area (Å²) in [7, 11) is 1.66. The van der Waals surface area contributed by atoms with Crippen molar-refractivity contribution < 1.29 is 9.90 Å². The van der Waals surface area contributed by atoms with Gasteiger partial charge in [-0.3, -0.25) is 9.59 Å². The molecular weight excluding hydrogens is 304 g/mol. The number of hydrogen-bond acceptors (Lipinski definition) is 3. The Morgan fingerprint density at radius 2 is 2.00 bits per heavy atom. The van der Waals surface area contributed by atoms with Crippen molar-refractivity contribution in [2.75, 3.05) is 19.7 Å². The summed E-state index contributed by atoms with van der Waals surface area (Å²) in [6, 6.07) is 13.2. The van der Waals surface area contributed by atoms with E-state index in [0.29, 0.717) is 18.7 Å². The molecule has 0 saturated carbocycles. The molecule has 0 unspecified atom stereocenters. The summed E-state index contributed by atoms with van der Waals surface area (Å²) >= 11 is 0. The number of piperidine rings is 1. The lowest BCUT2D eigenvalue weighted by molar-refractivity contribution is 0.0577. The molecule has 1 fully saturated rings. The lowest BCUT2D eigenvalue weighted by Gasteiger charge is -2.38. The molecule has 24 heavy (non-hydrogen) atoms. The molecule has 0 radical (unpaired) electrons. The van der Waals surface area contributed by atoms with Crippen LogP contribution in [0.1, 0.15) is 28.3 Å². The Morgan fingerprint density at radius 3 is 2.67 bits per heavy atom. The van der Waals surface area contributed by atoms with E-state index in [1.807, 2.05) is 18.2 Å². The highest BCUT2D eigenvalue weighted by molar-refractivity contribution is 5.94. The van der Waals surface area contributed by atoms with E-state index < -0.39 is 0 Å². The summed E-state index contributed by atoms with van der Waals surface area (Å²) in [5.41, 5.74) is 1.42. The monoisotopic (exact) mass is 326 g/mol. The number of carbonyl (C=O) groups excluding carboxylic acids is 1. The first kappa shape index (κ1) is 16.5. The molecule has 2 aromatic rings. The molecule has 126 valence electrons. The van der Waals surface area contributed by atoms with Gasteiger partial charge >= 0.3 is 0 Å². The van der Waals surface area contributed by atoms with Crippen LogP contribution in [0.4, 0.5) is 0 Å². The molecule has 3 rings (SSSR count). The average molecular weight is 326 g/mol. The second-order valence-corrected chi connectivity index (χ2v) is 6.36. The second-order valence-electron chi connectivity index (χ2n) is 6.36. The van der Waals surface area contributed by atoms with Gasteiger partial charge in [0.05, 0.1) is 0 Å². The van der Waals surface area contributed by atoms with Gasteiger partial charge in [-0.2, -0.15) is 0 Å². The number of nitrogens with zero attached hydrogens (tertiary/aromatic N) is 2. The van der Waals surface area contributed by atoms with Crippen LogP contribution in [0, 0.1) is 5.92 Å². The van der Waals surface area contributed by atoms with E-state index in [-0.39, 0.29) is 29.9 Å². The number of hydrogen-bond donors (Lipinski definition) is 1. The van der Waals surface area contributed by atoms with Gasteiger partial charge in [-0.25, -0.2) is 0 Å². The number of aryl methyl sites for hydroxylation is 1. The Morgan fingerprint density at radius 1 is 1.25 bits per heavy atom. The van der Waals surface area contributed by atoms with Crippen molar-refractivity contribution >= 4 is 5.91 Å². The minimum atomic E-state index is -0.196. The largest absolute Gasteiger partial charge is 0.396 e. The molecule has 1 N–H and O–H groups in total. The number of benzene rings is 1. The number of aliphatic hydroxyl groups excluding tert-OH is 1. The van der Waals surface area contributed by atoms with E-state index in [1.165, 1.54) is 16.2 Å². The Labute approximate surface area is 141 Å². The smallest absolute Gasteiger partial charge is 0.254 e. The lowest BCUT2D eigenvalue weighted by Crippen LogP contribution is -2.44. The maximum atomic E-state index is 12.7. The van der Waals surface area contributed by atoms with Crippen molar-refractivity contribution in [3.8, 4) is 0 Å². The van der Waals surface area contributed by atoms with Gasteiger partial charge in [0.1, 0.15) is 0 Å². The molecule has 1 aliphatic rings. The number of aromatic nitrogens is 1. The molecule has 5 heteroatoms. The fourth-order valence-electron chi connectivity index (χ4n) is 3.40. The van der Waals surface area contributed by atoms with E-state index in [2.05, 4.69) is 12.1 Å². The highest BCUT2D eigenvalue weighted by Crippen LogP contribution is 2.33. The maximum absolute atomic E-state index is 12.7. The molecule has 2 atom stereocenters. The first-order chi connectivity index (χ1) is 11.6. The molecular formula is C19H22N2O3. The summed E-state index contributed by atoms with van der Waals surface area (Å²) in [5, 5.41) is 9.78. The molecule has 0 bridgehead atoms. The standard InChI is InChI=1S/C19H22N2O3/c1-20-9-7-15(11-18(20)23)19(24)21-10-8-17(16(12-21)13-22)14-5-3-2-4-6-14/h2-7,9,11,16-17,22H,8,10,12-13H2,1H3/t16-,17+/m1/s1. The van der Waals surface area contributed by atoms with Gasteiger partial charge in [0.25, 0.3) is 11.5 Å². The number of carbonyl (C=O) groups is 1. The van der Waals surface area contributed by atoms with Gasteiger partial charge < -0.3 is 14.6 Å². The van der Waals surface area contributed by atoms with Crippen LogP contribution in [0.3, 0.4) is 0 Å². The maximum Gasteiger partial charge on any atom is 0.254 e. The van der Waals surface area contributed by atoms with Crippen LogP contribution in [0.15, 0.2) is 53.5 Å². The van der Waals surface area contributed by atoms with E-state index in [1.54, 1.807) is 24.2 Å². The van der Waals surface area contributed by atoms with Gasteiger partial charge in [0.2, 0.25) is 0 Å². The third kappa shape index (κ3) is 3.26. The highest BCUT2D eigenvalue weighted by atomic mass is 16.3. The zero-order valence-corrected chi connectivity index (χ0v) is 13.8. The third-order valence-corrected chi connectivity index (χ3v) is 4.83. The highest BCUT2D eigenvalue weighted by Gasteiger charge is 2.32. The Hall–Kier alpha value is -2.40. The van der Waals surface area contributed by atoms with Crippen LogP contribution >= 0.6 is 0 Å². The minimum absolute atomic E-state index is 0.0108. The van der Waals surface area contributed by atoms with Crippen LogP contribution in [0.25, 0.3) is 0 Å². The van der Waals surface area contributed by atoms with E-state index in [9.17, 15) is 14.7 Å². The van der Waals surface area contributed by atoms with Crippen molar-refractivity contribution in [1.82, 2.24) is 9.47 Å². The van der Waals surface area contributed by atoms with E-state index >= 15 is 0 Å². The van der Waals surface area contributed by atoms with Crippen LogP contribution in [0.5, 0.6) is 0 Å². The predicted octanol–water partition coefficient (Wildman–Crippen LogP) is 1.62. The average Bonchev–Trinajstić information content (AvgIpc) is 2.63. The number of pyridine rings is 1. The van der Waals surface area contributed by atoms with Crippen LogP contribution < -0.4 is 5.56 Å². The van der Waals surface area contributed by atoms with Crippen LogP contribution in [-0.2, 0) is 7.05 Å². The normalized spacial score (nSPS) is 20.8. The van der Waals surface area contributed by atoms with E-state index in [4.69, 9.17) is 0 Å². The Bertz CT molecular complexity index is 770. The fourth-order valence-corrected chi connectivity index (χ4v) is 3.40. The summed E-state index contributed by atoms with van der Waals surface area (Å²) in [6.45, 7) is 1.17. The van der Waals surface area contributed by atoms with Crippen molar-refractivity contribution in [3.05, 3.63) is 70.1 Å². The number of likely N-dealkylation sites (tertiary alicyclic amines) is 1.